The lowest BCUT2D eigenvalue weighted by atomic mass is 9.94. The average Bonchev–Trinajstić information content (AvgIpc) is 2.74. The molecule has 0 aliphatic heterocycles. The van der Waals surface area contributed by atoms with Gasteiger partial charge in [0.15, 0.2) is 0 Å². The van der Waals surface area contributed by atoms with Gasteiger partial charge in [-0.15, -0.1) is 0 Å². The van der Waals surface area contributed by atoms with Crippen molar-refractivity contribution in [2.75, 3.05) is 18.5 Å². The molecule has 2 N–H and O–H groups in total. The van der Waals surface area contributed by atoms with Gasteiger partial charge in [0.2, 0.25) is 11.8 Å². The number of amides is 3. The lowest BCUT2D eigenvalue weighted by molar-refractivity contribution is -0.136. The van der Waals surface area contributed by atoms with Crippen LogP contribution in [0, 0.1) is 5.92 Å². The minimum absolute atomic E-state index is 0.126. The van der Waals surface area contributed by atoms with Crippen LogP contribution in [0.25, 0.3) is 0 Å². The zero-order valence-electron chi connectivity index (χ0n) is 18.5. The van der Waals surface area contributed by atoms with E-state index in [9.17, 15) is 19.5 Å². The Morgan fingerprint density at radius 3 is 2.23 bits per heavy atom. The predicted octanol–water partition coefficient (Wildman–Crippen LogP) is 2.33. The number of anilines is 1. The van der Waals surface area contributed by atoms with Gasteiger partial charge in [-0.1, -0.05) is 51.3 Å². The maximum Gasteiger partial charge on any atom is 0.256 e. The van der Waals surface area contributed by atoms with Crippen molar-refractivity contribution in [1.82, 2.24) is 10.2 Å². The second kappa shape index (κ2) is 11.2. The number of nitrogens with zero attached hydrogens (tertiary/aromatic N) is 2. The van der Waals surface area contributed by atoms with Crippen LogP contribution in [0.5, 0.6) is 0 Å². The summed E-state index contributed by atoms with van der Waals surface area (Å²) in [5, 5.41) is 12.5. The Kier molecular flexibility index (Phi) is 8.99. The number of hydrogen-bond acceptors (Lipinski definition) is 5. The number of aliphatic hydroxyl groups excluding tert-OH is 1. The van der Waals surface area contributed by atoms with E-state index in [1.54, 1.807) is 38.1 Å². The van der Waals surface area contributed by atoms with Crippen LogP contribution in [-0.4, -0.2) is 59.5 Å². The summed E-state index contributed by atoms with van der Waals surface area (Å²) >= 11 is 0. The molecular weight excluding hydrogens is 382 g/mol. The summed E-state index contributed by atoms with van der Waals surface area (Å²) in [6.07, 6.45) is 4.45. The number of benzene rings is 1. The van der Waals surface area contributed by atoms with Crippen LogP contribution in [0.15, 0.2) is 30.3 Å². The fraction of sp³-hybridized carbons (Fsp3) is 0.609. The molecule has 0 aromatic heterocycles. The monoisotopic (exact) mass is 417 g/mol. The smallest absolute Gasteiger partial charge is 0.256 e. The number of imide groups is 1. The number of likely N-dealkylation sites (N-methyl/N-ethyl adjacent to an activating group) is 1. The number of para-hydroxylation sites is 1. The molecule has 2 atom stereocenters. The molecule has 3 amide bonds. The Bertz CT molecular complexity index is 716. The van der Waals surface area contributed by atoms with Gasteiger partial charge >= 0.3 is 0 Å². The second-order valence-corrected chi connectivity index (χ2v) is 8.53. The summed E-state index contributed by atoms with van der Waals surface area (Å²) in [7, 11) is 1.92. The number of hydrogen-bond donors (Lipinski definition) is 2. The van der Waals surface area contributed by atoms with Crippen LogP contribution >= 0.6 is 0 Å². The minimum atomic E-state index is -1.21. The first-order valence-corrected chi connectivity index (χ1v) is 10.8. The number of aliphatic hydroxyl groups is 1. The van der Waals surface area contributed by atoms with Crippen LogP contribution in [0.1, 0.15) is 52.9 Å². The van der Waals surface area contributed by atoms with E-state index in [2.05, 4.69) is 5.32 Å². The largest absolute Gasteiger partial charge is 0.383 e. The Labute approximate surface area is 179 Å². The first-order chi connectivity index (χ1) is 14.2. The van der Waals surface area contributed by atoms with Crippen LogP contribution in [-0.2, 0) is 14.4 Å². The number of carbonyl (C=O) groups is 3. The van der Waals surface area contributed by atoms with E-state index in [1.165, 1.54) is 13.3 Å². The fourth-order valence-electron chi connectivity index (χ4n) is 3.76. The highest BCUT2D eigenvalue weighted by Crippen LogP contribution is 2.22. The Balaban J connectivity index is 2.15. The summed E-state index contributed by atoms with van der Waals surface area (Å²) in [4.78, 5) is 41.7. The highest BCUT2D eigenvalue weighted by Gasteiger charge is 2.32. The van der Waals surface area contributed by atoms with E-state index in [0.29, 0.717) is 11.7 Å². The van der Waals surface area contributed by atoms with Crippen molar-refractivity contribution in [2.24, 2.45) is 5.92 Å². The van der Waals surface area contributed by atoms with Crippen LogP contribution in [0.2, 0.25) is 0 Å². The maximum atomic E-state index is 13.2. The number of rotatable bonds is 8. The van der Waals surface area contributed by atoms with Gasteiger partial charge in [-0.05, 0) is 44.9 Å². The molecule has 1 aliphatic rings. The number of nitrogens with one attached hydrogen (secondary N) is 1. The Morgan fingerprint density at radius 1 is 1.07 bits per heavy atom. The molecule has 1 saturated carbocycles. The van der Waals surface area contributed by atoms with Gasteiger partial charge < -0.3 is 10.4 Å². The van der Waals surface area contributed by atoms with Crippen molar-refractivity contribution in [2.45, 2.75) is 71.1 Å². The Morgan fingerprint density at radius 2 is 1.67 bits per heavy atom. The fourth-order valence-corrected chi connectivity index (χ4v) is 3.76. The van der Waals surface area contributed by atoms with E-state index in [-0.39, 0.29) is 18.4 Å². The Hall–Kier alpha value is -2.25. The minimum Gasteiger partial charge on any atom is -0.383 e. The first kappa shape index (κ1) is 24.0. The van der Waals surface area contributed by atoms with Crippen molar-refractivity contribution >= 4 is 23.4 Å². The molecule has 0 saturated heterocycles. The lowest BCUT2D eigenvalue weighted by Crippen LogP contribution is -2.54. The molecule has 7 heteroatoms. The van der Waals surface area contributed by atoms with Crippen molar-refractivity contribution in [1.29, 1.82) is 0 Å². The summed E-state index contributed by atoms with van der Waals surface area (Å²) in [6.45, 7) is 5.09. The second-order valence-electron chi connectivity index (χ2n) is 8.53. The lowest BCUT2D eigenvalue weighted by Gasteiger charge is -2.33. The third-order valence-electron chi connectivity index (χ3n) is 5.70. The quantitative estimate of drug-likeness (QED) is 0.678. The molecule has 0 bridgehead atoms. The molecule has 0 radical (unpaired) electrons. The zero-order chi connectivity index (χ0) is 22.3. The summed E-state index contributed by atoms with van der Waals surface area (Å²) in [6, 6.07) is 8.14. The maximum absolute atomic E-state index is 13.2. The SMILES string of the molecule is CC(C)C(O)C(=O)N[C@@H](C)C(=O)N(C(=O)CN(C)C1CCCCC1)c1ccccc1. The molecule has 30 heavy (non-hydrogen) atoms. The van der Waals surface area contributed by atoms with Crippen molar-refractivity contribution in [3.63, 3.8) is 0 Å². The number of carbonyl (C=O) groups excluding carboxylic acids is 3. The van der Waals surface area contributed by atoms with Crippen molar-refractivity contribution in [3.8, 4) is 0 Å². The molecular formula is C23H35N3O4. The van der Waals surface area contributed by atoms with Crippen LogP contribution in [0.3, 0.4) is 0 Å². The predicted molar refractivity (Wildman–Crippen MR) is 117 cm³/mol. The van der Waals surface area contributed by atoms with Gasteiger partial charge in [0.25, 0.3) is 5.91 Å². The van der Waals surface area contributed by atoms with Gasteiger partial charge in [0, 0.05) is 6.04 Å². The van der Waals surface area contributed by atoms with Gasteiger partial charge in [0.1, 0.15) is 12.1 Å². The van der Waals surface area contributed by atoms with Gasteiger partial charge in [-0.3, -0.25) is 19.3 Å². The molecule has 166 valence electrons. The van der Waals surface area contributed by atoms with Gasteiger partial charge in [-0.25, -0.2) is 4.90 Å². The normalized spacial score (nSPS) is 16.9. The summed E-state index contributed by atoms with van der Waals surface area (Å²) < 4.78 is 0. The van der Waals surface area contributed by atoms with Crippen molar-refractivity contribution < 1.29 is 19.5 Å². The van der Waals surface area contributed by atoms with E-state index >= 15 is 0 Å². The molecule has 2 rings (SSSR count). The summed E-state index contributed by atoms with van der Waals surface area (Å²) in [5.41, 5.74) is 0.468. The van der Waals surface area contributed by atoms with Crippen LogP contribution in [0.4, 0.5) is 5.69 Å². The highest BCUT2D eigenvalue weighted by atomic mass is 16.3. The molecule has 1 aromatic carbocycles. The molecule has 0 heterocycles. The molecule has 1 aliphatic carbocycles. The molecule has 1 fully saturated rings. The van der Waals surface area contributed by atoms with Crippen molar-refractivity contribution in [3.05, 3.63) is 30.3 Å². The van der Waals surface area contributed by atoms with Gasteiger partial charge in [0.05, 0.1) is 12.2 Å². The van der Waals surface area contributed by atoms with E-state index in [4.69, 9.17) is 0 Å². The standard InChI is InChI=1S/C23H35N3O4/c1-16(2)21(28)22(29)24-17(3)23(30)26(19-13-9-6-10-14-19)20(27)15-25(4)18-11-7-5-8-12-18/h6,9-10,13-14,16-18,21,28H,5,7-8,11-12,15H2,1-4H3,(H,24,29)/t17-,21?/m0/s1. The van der Waals surface area contributed by atoms with Crippen LogP contribution < -0.4 is 10.2 Å². The summed E-state index contributed by atoms with van der Waals surface area (Å²) in [5.74, 6) is -1.74. The van der Waals surface area contributed by atoms with Gasteiger partial charge in [-0.2, -0.15) is 0 Å². The van der Waals surface area contributed by atoms with E-state index in [0.717, 1.165) is 30.6 Å². The average molecular weight is 418 g/mol. The molecule has 7 nitrogen and oxygen atoms in total. The zero-order valence-corrected chi connectivity index (χ0v) is 18.5. The van der Waals surface area contributed by atoms with E-state index < -0.39 is 24.0 Å². The first-order valence-electron chi connectivity index (χ1n) is 10.8. The highest BCUT2D eigenvalue weighted by molar-refractivity contribution is 6.17. The molecule has 0 spiro atoms. The molecule has 1 unspecified atom stereocenters. The topological polar surface area (TPSA) is 90.0 Å². The molecule has 1 aromatic rings. The van der Waals surface area contributed by atoms with E-state index in [1.807, 2.05) is 18.0 Å². The third-order valence-corrected chi connectivity index (χ3v) is 5.70. The third kappa shape index (κ3) is 6.37.